The first-order valence-corrected chi connectivity index (χ1v) is 8.03. The Morgan fingerprint density at radius 1 is 1.27 bits per heavy atom. The van der Waals surface area contributed by atoms with Gasteiger partial charge in [0.05, 0.1) is 13.2 Å². The molecule has 1 aromatic rings. The van der Waals surface area contributed by atoms with Crippen LogP contribution in [-0.2, 0) is 16.1 Å². The molecule has 0 fully saturated rings. The van der Waals surface area contributed by atoms with Crippen molar-refractivity contribution < 1.29 is 15.6 Å². The molecule has 4 heteroatoms. The molecule has 1 N–H and O–H groups in total. The van der Waals surface area contributed by atoms with Crippen LogP contribution in [-0.4, -0.2) is 25.2 Å². The van der Waals surface area contributed by atoms with Gasteiger partial charge in [-0.1, -0.05) is 32.0 Å². The highest BCUT2D eigenvalue weighted by Gasteiger charge is 2.04. The molecule has 0 atom stereocenters. The predicted molar refractivity (Wildman–Crippen MR) is 89.0 cm³/mol. The summed E-state index contributed by atoms with van der Waals surface area (Å²) in [6, 6.07) is 7.22. The summed E-state index contributed by atoms with van der Waals surface area (Å²) >= 11 is 0. The second-order valence-corrected chi connectivity index (χ2v) is 5.43. The summed E-state index contributed by atoms with van der Waals surface area (Å²) in [4.78, 5) is 11.2. The summed E-state index contributed by atoms with van der Waals surface area (Å²) in [5.74, 6) is 0.734. The van der Waals surface area contributed by atoms with E-state index in [0.717, 1.165) is 30.6 Å². The van der Waals surface area contributed by atoms with Crippen LogP contribution in [0.1, 0.15) is 53.4 Å². The molecule has 0 aromatic heterocycles. The summed E-state index contributed by atoms with van der Waals surface area (Å²) in [5, 5.41) is 3.15. The van der Waals surface area contributed by atoms with Gasteiger partial charge < -0.3 is 14.8 Å². The lowest BCUT2D eigenvalue weighted by Crippen LogP contribution is -2.22. The van der Waals surface area contributed by atoms with E-state index >= 15 is 0 Å². The second-order valence-electron chi connectivity index (χ2n) is 5.43. The van der Waals surface area contributed by atoms with Crippen molar-refractivity contribution in [2.24, 2.45) is 0 Å². The molecule has 0 aliphatic rings. The third-order valence-electron chi connectivity index (χ3n) is 3.19. The van der Waals surface area contributed by atoms with Gasteiger partial charge in [-0.25, -0.2) is 0 Å². The van der Waals surface area contributed by atoms with Crippen molar-refractivity contribution in [3.63, 3.8) is 0 Å². The molecule has 0 aliphatic heterocycles. The van der Waals surface area contributed by atoms with E-state index in [4.69, 9.17) is 10.8 Å². The van der Waals surface area contributed by atoms with Gasteiger partial charge in [0.15, 0.2) is 0 Å². The number of rotatable bonds is 11. The molecule has 0 radical (unpaired) electrons. The quantitative estimate of drug-likeness (QED) is 0.500. The molecule has 124 valence electrons. The number of hydrogen-bond donors (Lipinski definition) is 1. The third kappa shape index (κ3) is 8.03. The Balaban J connectivity index is 2.28. The van der Waals surface area contributed by atoms with E-state index in [1.807, 2.05) is 45.0 Å². The zero-order chi connectivity index (χ0) is 17.1. The van der Waals surface area contributed by atoms with E-state index in [2.05, 4.69) is 5.32 Å². The standard InChI is InChI=1S/C18H29NO3/c1-4-21-18(20)12-6-5-9-13-22-17-11-8-7-10-16(17)14-19-15(2)3/h7-8,10-11,15,19H,4-6,9,12-14H2,1-3H3/i15D. The second kappa shape index (κ2) is 11.1. The van der Waals surface area contributed by atoms with Crippen molar-refractivity contribution in [1.82, 2.24) is 5.32 Å². The molecule has 0 saturated heterocycles. The maximum atomic E-state index is 11.2. The van der Waals surface area contributed by atoms with Gasteiger partial charge in [0.2, 0.25) is 0 Å². The summed E-state index contributed by atoms with van der Waals surface area (Å²) in [6.07, 6.45) is 3.16. The van der Waals surface area contributed by atoms with Gasteiger partial charge in [-0.3, -0.25) is 4.79 Å². The number of carbonyl (C=O) groups excluding carboxylic acids is 1. The van der Waals surface area contributed by atoms with Crippen molar-refractivity contribution in [1.29, 1.82) is 0 Å². The monoisotopic (exact) mass is 308 g/mol. The lowest BCUT2D eigenvalue weighted by atomic mass is 10.2. The van der Waals surface area contributed by atoms with E-state index in [-0.39, 0.29) is 5.97 Å². The third-order valence-corrected chi connectivity index (χ3v) is 3.19. The van der Waals surface area contributed by atoms with Crippen LogP contribution in [0.4, 0.5) is 0 Å². The minimum Gasteiger partial charge on any atom is -0.493 e. The fourth-order valence-electron chi connectivity index (χ4n) is 2.03. The fourth-order valence-corrected chi connectivity index (χ4v) is 2.03. The number of hydrogen-bond acceptors (Lipinski definition) is 4. The highest BCUT2D eigenvalue weighted by atomic mass is 16.5. The number of para-hydroxylation sites is 1. The van der Waals surface area contributed by atoms with Crippen LogP contribution < -0.4 is 10.1 Å². The fraction of sp³-hybridized carbons (Fsp3) is 0.611. The minimum atomic E-state index is -0.666. The first kappa shape index (κ1) is 16.8. The zero-order valence-electron chi connectivity index (χ0n) is 15.0. The van der Waals surface area contributed by atoms with Crippen LogP contribution in [0, 0.1) is 0 Å². The first-order valence-electron chi connectivity index (χ1n) is 8.53. The van der Waals surface area contributed by atoms with E-state index in [0.29, 0.717) is 26.2 Å². The molecule has 0 spiro atoms. The van der Waals surface area contributed by atoms with Crippen molar-refractivity contribution in [3.8, 4) is 5.75 Å². The van der Waals surface area contributed by atoms with Crippen LogP contribution in [0.3, 0.4) is 0 Å². The summed E-state index contributed by atoms with van der Waals surface area (Å²) in [5.41, 5.74) is 1.05. The predicted octanol–water partition coefficient (Wildman–Crippen LogP) is 3.69. The number of unbranched alkanes of at least 4 members (excludes halogenated alkanes) is 2. The van der Waals surface area contributed by atoms with Gasteiger partial charge in [0.25, 0.3) is 0 Å². The normalized spacial score (nSPS) is 11.9. The number of esters is 1. The Morgan fingerprint density at radius 3 is 2.77 bits per heavy atom. The highest BCUT2D eigenvalue weighted by molar-refractivity contribution is 5.69. The van der Waals surface area contributed by atoms with E-state index in [1.54, 1.807) is 0 Å². The molecular formula is C18H29NO3. The Hall–Kier alpha value is -1.55. The largest absolute Gasteiger partial charge is 0.493 e. The molecule has 0 saturated carbocycles. The molecule has 22 heavy (non-hydrogen) atoms. The van der Waals surface area contributed by atoms with E-state index in [9.17, 15) is 4.79 Å². The van der Waals surface area contributed by atoms with Gasteiger partial charge in [-0.15, -0.1) is 0 Å². The Labute approximate surface area is 135 Å². The van der Waals surface area contributed by atoms with Crippen molar-refractivity contribution in [3.05, 3.63) is 29.8 Å². The van der Waals surface area contributed by atoms with Gasteiger partial charge >= 0.3 is 5.97 Å². The van der Waals surface area contributed by atoms with Gasteiger partial charge in [-0.05, 0) is 32.3 Å². The average Bonchev–Trinajstić information content (AvgIpc) is 2.49. The SMILES string of the molecule is [2H]C(C)(C)NCc1ccccc1OCCCCCC(=O)OCC. The molecule has 0 heterocycles. The van der Waals surface area contributed by atoms with Gasteiger partial charge in [0, 0.05) is 25.9 Å². The smallest absolute Gasteiger partial charge is 0.305 e. The van der Waals surface area contributed by atoms with Crippen LogP contribution in [0.15, 0.2) is 24.3 Å². The maximum Gasteiger partial charge on any atom is 0.305 e. The summed E-state index contributed by atoms with van der Waals surface area (Å²) in [6.45, 7) is 7.14. The average molecular weight is 308 g/mol. The minimum absolute atomic E-state index is 0.122. The summed E-state index contributed by atoms with van der Waals surface area (Å²) in [7, 11) is 0. The van der Waals surface area contributed by atoms with Crippen LogP contribution in [0.25, 0.3) is 0 Å². The van der Waals surface area contributed by atoms with Crippen LogP contribution in [0.5, 0.6) is 5.75 Å². The molecular weight excluding hydrogens is 278 g/mol. The van der Waals surface area contributed by atoms with Gasteiger partial charge in [-0.2, -0.15) is 0 Å². The number of carbonyl (C=O) groups is 1. The molecule has 0 aliphatic carbocycles. The molecule has 1 rings (SSSR count). The number of nitrogens with one attached hydrogen (secondary N) is 1. The Bertz CT molecular complexity index is 472. The molecule has 4 nitrogen and oxygen atoms in total. The molecule has 0 amide bonds. The number of ether oxygens (including phenoxy) is 2. The highest BCUT2D eigenvalue weighted by Crippen LogP contribution is 2.18. The lowest BCUT2D eigenvalue weighted by molar-refractivity contribution is -0.143. The summed E-state index contributed by atoms with van der Waals surface area (Å²) < 4.78 is 18.6. The Kier molecular flexibility index (Phi) is 8.46. The van der Waals surface area contributed by atoms with Crippen molar-refractivity contribution in [2.75, 3.05) is 13.2 Å². The molecule has 0 bridgehead atoms. The lowest BCUT2D eigenvalue weighted by Gasteiger charge is -2.13. The zero-order valence-corrected chi connectivity index (χ0v) is 14.0. The maximum absolute atomic E-state index is 11.2. The van der Waals surface area contributed by atoms with E-state index < -0.39 is 6.02 Å². The van der Waals surface area contributed by atoms with Crippen LogP contribution >= 0.6 is 0 Å². The van der Waals surface area contributed by atoms with Crippen molar-refractivity contribution in [2.45, 2.75) is 59.0 Å². The van der Waals surface area contributed by atoms with Gasteiger partial charge in [0.1, 0.15) is 5.75 Å². The molecule has 1 aromatic carbocycles. The van der Waals surface area contributed by atoms with Crippen LogP contribution in [0.2, 0.25) is 0 Å². The van der Waals surface area contributed by atoms with E-state index in [1.165, 1.54) is 0 Å². The number of benzene rings is 1. The Morgan fingerprint density at radius 2 is 2.05 bits per heavy atom. The topological polar surface area (TPSA) is 47.6 Å². The first-order chi connectivity index (χ1) is 10.9. The molecule has 0 unspecified atom stereocenters. The van der Waals surface area contributed by atoms with Crippen molar-refractivity contribution >= 4 is 5.97 Å².